The Kier molecular flexibility index (Phi) is 12.7. The van der Waals surface area contributed by atoms with Crippen molar-refractivity contribution in [2.24, 2.45) is 0 Å². The third-order valence-electron chi connectivity index (χ3n) is 18.8. The van der Waals surface area contributed by atoms with Gasteiger partial charge >= 0.3 is 0 Å². The minimum atomic E-state index is -0.364. The van der Waals surface area contributed by atoms with Gasteiger partial charge in [-0.3, -0.25) is 0 Å². The number of para-hydroxylation sites is 4. The highest BCUT2D eigenvalue weighted by atomic mass is 15.1. The summed E-state index contributed by atoms with van der Waals surface area (Å²) in [6.07, 6.45) is 0. The van der Waals surface area contributed by atoms with Crippen molar-refractivity contribution < 1.29 is 0 Å². The van der Waals surface area contributed by atoms with Crippen LogP contribution in [0.5, 0.6) is 0 Å². The van der Waals surface area contributed by atoms with Gasteiger partial charge in [0.1, 0.15) is 11.6 Å². The van der Waals surface area contributed by atoms with Crippen LogP contribution in [0.4, 0.5) is 0 Å². The fourth-order valence-electron chi connectivity index (χ4n) is 14.1. The zero-order valence-electron chi connectivity index (χ0n) is 52.4. The zero-order chi connectivity index (χ0) is 60.0. The summed E-state index contributed by atoms with van der Waals surface area (Å²) < 4.78 is 10.1. The van der Waals surface area contributed by atoms with E-state index in [0.29, 0.717) is 29.2 Å². The lowest BCUT2D eigenvalue weighted by molar-refractivity contribution is 0.569. The summed E-state index contributed by atoms with van der Waals surface area (Å²) in [6, 6.07) is 74.5. The van der Waals surface area contributed by atoms with Crippen molar-refractivity contribution in [1.82, 2.24) is 18.3 Å². The topological polar surface area (TPSA) is 43.5 Å². The van der Waals surface area contributed by atoms with Gasteiger partial charge in [0.2, 0.25) is 0 Å². The molecular formula is C81H77N5. The average Bonchev–Trinajstić information content (AvgIpc) is 1.40. The fourth-order valence-corrected chi connectivity index (χ4v) is 14.1. The molecule has 4 heterocycles. The van der Waals surface area contributed by atoms with Crippen LogP contribution in [-0.4, -0.2) is 18.3 Å². The lowest BCUT2D eigenvalue weighted by Gasteiger charge is -2.33. The number of fused-ring (bicyclic) bond motifs is 12. The molecule has 0 aliphatic rings. The Labute approximate surface area is 506 Å². The third-order valence-corrected chi connectivity index (χ3v) is 18.8. The molecule has 0 saturated carbocycles. The molecule has 0 saturated heterocycles. The van der Waals surface area contributed by atoms with Crippen LogP contribution in [0.15, 0.2) is 188 Å². The Hall–Kier alpha value is -9.11. The van der Waals surface area contributed by atoms with Gasteiger partial charge in [0, 0.05) is 48.7 Å². The van der Waals surface area contributed by atoms with Crippen molar-refractivity contribution in [3.05, 3.63) is 227 Å². The molecule has 5 heteroatoms. The van der Waals surface area contributed by atoms with E-state index in [0.717, 1.165) is 99.6 Å². The Bertz CT molecular complexity index is 4640. The molecule has 14 rings (SSSR count). The maximum absolute atomic E-state index is 13.2. The van der Waals surface area contributed by atoms with Gasteiger partial charge in [-0.1, -0.05) is 212 Å². The molecule has 0 radical (unpaired) electrons. The normalized spacial score (nSPS) is 12.7. The standard InChI is InChI=1S/C81H77N5/c1-47(2)51-31-37-71-61(41-51)62-42-52(48(3)4)32-38-72(62)85(71)78-75(60-36-35-55(80(9,10)11)45-66(60)81(12,13)14)79(86-73-39-33-53(49(5)6)43-63(73)64-44-54(50(7)8)34-40-74(64)86)77(84-69-29-21-17-25-58(69)59-26-18-22-30-70(59)84)65(46-82)76(78)83-67-27-19-15-23-56(67)57-24-16-20-28-68(57)83/h15-45,47-50H,1-14H3. The average molecular weight is 1120 g/mol. The lowest BCUT2D eigenvalue weighted by atomic mass is 9.76. The first-order chi connectivity index (χ1) is 41.2. The predicted molar refractivity (Wildman–Crippen MR) is 368 cm³/mol. The van der Waals surface area contributed by atoms with E-state index in [-0.39, 0.29) is 10.8 Å². The second kappa shape index (κ2) is 20.0. The summed E-state index contributed by atoms with van der Waals surface area (Å²) in [4.78, 5) is 0. The first-order valence-corrected chi connectivity index (χ1v) is 31.2. The zero-order valence-corrected chi connectivity index (χ0v) is 52.4. The maximum Gasteiger partial charge on any atom is 0.104 e. The summed E-state index contributed by atoms with van der Waals surface area (Å²) in [5, 5.41) is 22.5. The molecule has 0 bridgehead atoms. The van der Waals surface area contributed by atoms with Crippen LogP contribution in [0.3, 0.4) is 0 Å². The molecule has 0 atom stereocenters. The number of aromatic nitrogens is 4. The van der Waals surface area contributed by atoms with Gasteiger partial charge < -0.3 is 18.3 Å². The van der Waals surface area contributed by atoms with Crippen LogP contribution in [-0.2, 0) is 10.8 Å². The monoisotopic (exact) mass is 1120 g/mol. The molecule has 14 aromatic rings. The highest BCUT2D eigenvalue weighted by Crippen LogP contribution is 2.54. The first-order valence-electron chi connectivity index (χ1n) is 31.2. The van der Waals surface area contributed by atoms with Crippen molar-refractivity contribution in [2.75, 3.05) is 0 Å². The second-order valence-electron chi connectivity index (χ2n) is 27.7. The molecule has 0 unspecified atom stereocenters. The molecular weight excluding hydrogens is 1040 g/mol. The molecule has 0 aliphatic heterocycles. The minimum absolute atomic E-state index is 0.152. The van der Waals surface area contributed by atoms with E-state index >= 15 is 0 Å². The van der Waals surface area contributed by atoms with Gasteiger partial charge in [-0.2, -0.15) is 5.26 Å². The van der Waals surface area contributed by atoms with Crippen LogP contribution in [0.2, 0.25) is 0 Å². The summed E-state index contributed by atoms with van der Waals surface area (Å²) in [6.45, 7) is 32.5. The number of nitrogens with zero attached hydrogens (tertiary/aromatic N) is 5. The van der Waals surface area contributed by atoms with Gasteiger partial charge in [-0.05, 0) is 146 Å². The SMILES string of the molecule is CC(C)c1ccc2c(c1)c1cc(C(C)C)ccc1n2-c1c(-c2ccc(C(C)(C)C)cc2C(C)(C)C)c(-n2c3ccc(C(C)C)cc3c3cc(C(C)C)ccc32)c(-n2c3ccccc3c3ccccc32)c(C#N)c1-n1c2ccccc2c2ccccc21. The smallest absolute Gasteiger partial charge is 0.104 e. The van der Waals surface area contributed by atoms with Gasteiger partial charge in [0.05, 0.1) is 66.9 Å². The molecule has 4 aromatic heterocycles. The molecule has 426 valence electrons. The Morgan fingerprint density at radius 2 is 0.605 bits per heavy atom. The largest absolute Gasteiger partial charge is 0.306 e. The third kappa shape index (κ3) is 8.30. The van der Waals surface area contributed by atoms with Crippen molar-refractivity contribution >= 4 is 87.2 Å². The van der Waals surface area contributed by atoms with Crippen LogP contribution in [0.25, 0.3) is 121 Å². The summed E-state index contributed by atoms with van der Waals surface area (Å²) in [7, 11) is 0. The minimum Gasteiger partial charge on any atom is -0.306 e. The molecule has 10 aromatic carbocycles. The van der Waals surface area contributed by atoms with Gasteiger partial charge in [-0.25, -0.2) is 0 Å². The van der Waals surface area contributed by atoms with Crippen LogP contribution < -0.4 is 0 Å². The molecule has 0 spiro atoms. The van der Waals surface area contributed by atoms with Crippen LogP contribution in [0.1, 0.15) is 160 Å². The molecule has 5 nitrogen and oxygen atoms in total. The highest BCUT2D eigenvalue weighted by molar-refractivity contribution is 6.17. The number of benzene rings is 10. The summed E-state index contributed by atoms with van der Waals surface area (Å²) >= 11 is 0. The molecule has 86 heavy (non-hydrogen) atoms. The molecule has 0 amide bonds. The van der Waals surface area contributed by atoms with E-state index in [9.17, 15) is 5.26 Å². The number of rotatable bonds is 9. The van der Waals surface area contributed by atoms with Crippen molar-refractivity contribution in [2.45, 2.75) is 131 Å². The highest BCUT2D eigenvalue weighted by Gasteiger charge is 2.37. The number of hydrogen-bond donors (Lipinski definition) is 0. The van der Waals surface area contributed by atoms with E-state index in [4.69, 9.17) is 0 Å². The van der Waals surface area contributed by atoms with Gasteiger partial charge in [0.25, 0.3) is 0 Å². The number of hydrogen-bond acceptors (Lipinski definition) is 1. The van der Waals surface area contributed by atoms with E-state index in [1.807, 2.05) is 0 Å². The Balaban J connectivity index is 1.38. The lowest BCUT2D eigenvalue weighted by Crippen LogP contribution is -2.20. The van der Waals surface area contributed by atoms with Crippen molar-refractivity contribution in [3.8, 4) is 39.9 Å². The second-order valence-corrected chi connectivity index (χ2v) is 27.7. The number of nitriles is 1. The molecule has 0 N–H and O–H groups in total. The first kappa shape index (κ1) is 54.8. The van der Waals surface area contributed by atoms with Crippen LogP contribution >= 0.6 is 0 Å². The fraction of sp³-hybridized carbons (Fsp3) is 0.247. The van der Waals surface area contributed by atoms with E-state index < -0.39 is 0 Å². The Morgan fingerprint density at radius 1 is 0.314 bits per heavy atom. The van der Waals surface area contributed by atoms with E-state index in [1.54, 1.807) is 0 Å². The van der Waals surface area contributed by atoms with E-state index in [2.05, 4.69) is 309 Å². The van der Waals surface area contributed by atoms with Crippen molar-refractivity contribution in [1.29, 1.82) is 5.26 Å². The predicted octanol–water partition coefficient (Wildman–Crippen LogP) is 22.7. The molecule has 0 aliphatic carbocycles. The van der Waals surface area contributed by atoms with Gasteiger partial charge in [-0.15, -0.1) is 0 Å². The maximum atomic E-state index is 13.2. The quantitative estimate of drug-likeness (QED) is 0.142. The summed E-state index contributed by atoms with van der Waals surface area (Å²) in [5.41, 5.74) is 21.9. The van der Waals surface area contributed by atoms with Crippen LogP contribution in [0, 0.1) is 11.3 Å². The summed E-state index contributed by atoms with van der Waals surface area (Å²) in [5.74, 6) is 1.21. The van der Waals surface area contributed by atoms with E-state index in [1.165, 1.54) is 54.9 Å². The van der Waals surface area contributed by atoms with Crippen molar-refractivity contribution in [3.63, 3.8) is 0 Å². The Morgan fingerprint density at radius 3 is 0.884 bits per heavy atom. The molecule has 0 fully saturated rings. The van der Waals surface area contributed by atoms with Gasteiger partial charge in [0.15, 0.2) is 0 Å².